The van der Waals surface area contributed by atoms with Gasteiger partial charge in [0.25, 0.3) is 0 Å². The highest BCUT2D eigenvalue weighted by Crippen LogP contribution is 2.27. The minimum atomic E-state index is 0.788. The van der Waals surface area contributed by atoms with Gasteiger partial charge in [-0.25, -0.2) is 0 Å². The summed E-state index contributed by atoms with van der Waals surface area (Å²) in [6.07, 6.45) is 3.94. The fraction of sp³-hybridized carbons (Fsp3) is 0.400. The maximum atomic E-state index is 6.05. The van der Waals surface area contributed by atoms with E-state index in [0.29, 0.717) is 0 Å². The van der Waals surface area contributed by atoms with Crippen molar-refractivity contribution in [3.63, 3.8) is 0 Å². The van der Waals surface area contributed by atoms with Gasteiger partial charge in [-0.15, -0.1) is 0 Å². The Bertz CT molecular complexity index is 313. The van der Waals surface area contributed by atoms with Crippen molar-refractivity contribution in [3.05, 3.63) is 23.9 Å². The molecule has 0 saturated heterocycles. The third kappa shape index (κ3) is 1.89. The maximum Gasteiger partial charge on any atom is 0.114 e. The van der Waals surface area contributed by atoms with E-state index in [1.165, 1.54) is 0 Å². The molecule has 0 aromatic carbocycles. The van der Waals surface area contributed by atoms with Crippen LogP contribution in [0.3, 0.4) is 0 Å². The highest BCUT2D eigenvalue weighted by atomic mass is 35.5. The Hall–Kier alpha value is -0.890. The van der Waals surface area contributed by atoms with E-state index >= 15 is 0 Å². The monoisotopic (exact) mass is 198 g/mol. The van der Waals surface area contributed by atoms with E-state index in [2.05, 4.69) is 16.8 Å². The molecule has 0 atom stereocenters. The van der Waals surface area contributed by atoms with E-state index in [1.807, 2.05) is 32.3 Å². The molecule has 72 valence electrons. The summed E-state index contributed by atoms with van der Waals surface area (Å²) in [5, 5.41) is 3.94. The molecule has 0 fully saturated rings. The first-order valence-corrected chi connectivity index (χ1v) is 4.81. The van der Waals surface area contributed by atoms with Gasteiger partial charge in [-0.05, 0) is 19.9 Å². The molecule has 13 heavy (non-hydrogen) atoms. The lowest BCUT2D eigenvalue weighted by Crippen LogP contribution is -2.00. The number of hydrogen-bond acceptors (Lipinski definition) is 1. The number of hydrogen-bond donors (Lipinski definition) is 1. The lowest BCUT2D eigenvalue weighted by molar-refractivity contribution is 0.775. The van der Waals surface area contributed by atoms with Crippen molar-refractivity contribution in [2.24, 2.45) is 0 Å². The molecule has 0 radical (unpaired) electrons. The van der Waals surface area contributed by atoms with Crippen LogP contribution >= 0.6 is 11.6 Å². The molecule has 0 amide bonds. The molecule has 0 unspecified atom stereocenters. The van der Waals surface area contributed by atoms with Crippen LogP contribution in [-0.4, -0.2) is 11.6 Å². The van der Waals surface area contributed by atoms with Crippen molar-refractivity contribution in [3.8, 4) is 0 Å². The zero-order chi connectivity index (χ0) is 9.84. The fourth-order valence-electron chi connectivity index (χ4n) is 1.36. The van der Waals surface area contributed by atoms with Crippen LogP contribution in [0.25, 0.3) is 5.03 Å². The molecular weight excluding hydrogens is 184 g/mol. The molecule has 2 nitrogen and oxygen atoms in total. The topological polar surface area (TPSA) is 17.0 Å². The summed E-state index contributed by atoms with van der Waals surface area (Å²) in [5.74, 6) is 1.07. The van der Waals surface area contributed by atoms with Gasteiger partial charge < -0.3 is 9.88 Å². The number of allylic oxidation sites excluding steroid dienone is 1. The summed E-state index contributed by atoms with van der Waals surface area (Å²) >= 11 is 6.05. The minimum absolute atomic E-state index is 0.788. The number of aryl methyl sites for hydroxylation is 1. The molecule has 1 N–H and O–H groups in total. The average Bonchev–Trinajstić information content (AvgIpc) is 2.58. The Balaban J connectivity index is 3.15. The summed E-state index contributed by atoms with van der Waals surface area (Å²) in [5.41, 5.74) is 1.06. The molecule has 0 spiro atoms. The molecule has 1 aromatic heterocycles. The van der Waals surface area contributed by atoms with E-state index < -0.39 is 0 Å². The fourth-order valence-corrected chi connectivity index (χ4v) is 1.52. The predicted molar refractivity (Wildman–Crippen MR) is 59.2 cm³/mol. The standard InChI is InChI=1S/C10H15ClN2/c1-4-9(11)8-6-7-13(5-2)10(8)12-3/h4,6-7,12H,5H2,1-3H3/b9-4+. The number of anilines is 1. The first-order valence-electron chi connectivity index (χ1n) is 4.43. The van der Waals surface area contributed by atoms with E-state index in [9.17, 15) is 0 Å². The van der Waals surface area contributed by atoms with Crippen molar-refractivity contribution < 1.29 is 0 Å². The summed E-state index contributed by atoms with van der Waals surface area (Å²) < 4.78 is 2.13. The van der Waals surface area contributed by atoms with Gasteiger partial charge in [-0.1, -0.05) is 17.7 Å². The largest absolute Gasteiger partial charge is 0.374 e. The van der Waals surface area contributed by atoms with Crippen molar-refractivity contribution in [1.29, 1.82) is 0 Å². The summed E-state index contributed by atoms with van der Waals surface area (Å²) in [4.78, 5) is 0. The SMILES string of the molecule is C/C=C(/Cl)c1ccn(CC)c1NC. The third-order valence-electron chi connectivity index (χ3n) is 2.05. The summed E-state index contributed by atoms with van der Waals surface area (Å²) in [6, 6.07) is 2.03. The Labute approximate surface area is 84.2 Å². The normalized spacial score (nSPS) is 11.8. The van der Waals surface area contributed by atoms with E-state index in [4.69, 9.17) is 11.6 Å². The molecule has 0 saturated carbocycles. The summed E-state index contributed by atoms with van der Waals surface area (Å²) in [6.45, 7) is 4.99. The van der Waals surface area contributed by atoms with Crippen LogP contribution in [0.4, 0.5) is 5.82 Å². The van der Waals surface area contributed by atoms with Crippen LogP contribution in [0.2, 0.25) is 0 Å². The third-order valence-corrected chi connectivity index (χ3v) is 2.47. The van der Waals surface area contributed by atoms with Gasteiger partial charge in [0.1, 0.15) is 5.82 Å². The smallest absolute Gasteiger partial charge is 0.114 e. The van der Waals surface area contributed by atoms with Gasteiger partial charge >= 0.3 is 0 Å². The van der Waals surface area contributed by atoms with Gasteiger partial charge in [0, 0.05) is 30.4 Å². The van der Waals surface area contributed by atoms with Gasteiger partial charge in [-0.2, -0.15) is 0 Å². The van der Waals surface area contributed by atoms with Crippen molar-refractivity contribution in [1.82, 2.24) is 4.57 Å². The highest BCUT2D eigenvalue weighted by molar-refractivity contribution is 6.49. The second kappa shape index (κ2) is 4.38. The van der Waals surface area contributed by atoms with Gasteiger partial charge in [0.15, 0.2) is 0 Å². The number of nitrogens with one attached hydrogen (secondary N) is 1. The quantitative estimate of drug-likeness (QED) is 0.790. The van der Waals surface area contributed by atoms with Crippen molar-refractivity contribution >= 4 is 22.5 Å². The molecule has 0 aliphatic heterocycles. The predicted octanol–water partition coefficient (Wildman–Crippen LogP) is 3.15. The van der Waals surface area contributed by atoms with Crippen LogP contribution in [0.1, 0.15) is 19.4 Å². The molecule has 1 aromatic rings. The molecule has 1 heterocycles. The van der Waals surface area contributed by atoms with Crippen LogP contribution < -0.4 is 5.32 Å². The lowest BCUT2D eigenvalue weighted by Gasteiger charge is -2.07. The molecule has 3 heteroatoms. The van der Waals surface area contributed by atoms with Gasteiger partial charge in [0.05, 0.1) is 0 Å². The van der Waals surface area contributed by atoms with Crippen molar-refractivity contribution in [2.45, 2.75) is 20.4 Å². The molecule has 0 aliphatic rings. The first-order chi connectivity index (χ1) is 6.24. The second-order valence-corrected chi connectivity index (χ2v) is 3.16. The number of halogens is 1. The van der Waals surface area contributed by atoms with E-state index in [0.717, 1.165) is 23.0 Å². The first kappa shape index (κ1) is 10.2. The van der Waals surface area contributed by atoms with Crippen LogP contribution in [-0.2, 0) is 6.54 Å². The van der Waals surface area contributed by atoms with Gasteiger partial charge in [0.2, 0.25) is 0 Å². The van der Waals surface area contributed by atoms with E-state index in [1.54, 1.807) is 0 Å². The highest BCUT2D eigenvalue weighted by Gasteiger charge is 2.08. The Kier molecular flexibility index (Phi) is 3.43. The van der Waals surface area contributed by atoms with E-state index in [-0.39, 0.29) is 0 Å². The average molecular weight is 199 g/mol. The molecular formula is C10H15ClN2. The summed E-state index contributed by atoms with van der Waals surface area (Å²) in [7, 11) is 1.91. The number of aromatic nitrogens is 1. The Morgan fingerprint density at radius 3 is 2.85 bits per heavy atom. The molecule has 0 aliphatic carbocycles. The minimum Gasteiger partial charge on any atom is -0.374 e. The molecule has 1 rings (SSSR count). The molecule has 0 bridgehead atoms. The Morgan fingerprint density at radius 1 is 1.69 bits per heavy atom. The van der Waals surface area contributed by atoms with Crippen LogP contribution in [0.15, 0.2) is 18.3 Å². The number of rotatable bonds is 3. The zero-order valence-electron chi connectivity index (χ0n) is 8.26. The van der Waals surface area contributed by atoms with Crippen molar-refractivity contribution in [2.75, 3.05) is 12.4 Å². The van der Waals surface area contributed by atoms with Gasteiger partial charge in [-0.3, -0.25) is 0 Å². The second-order valence-electron chi connectivity index (χ2n) is 2.75. The number of nitrogens with zero attached hydrogens (tertiary/aromatic N) is 1. The lowest BCUT2D eigenvalue weighted by atomic mass is 10.3. The van der Waals surface area contributed by atoms with Crippen LogP contribution in [0.5, 0.6) is 0 Å². The Morgan fingerprint density at radius 2 is 2.38 bits per heavy atom. The maximum absolute atomic E-state index is 6.05. The zero-order valence-corrected chi connectivity index (χ0v) is 9.02. The van der Waals surface area contributed by atoms with Crippen LogP contribution in [0, 0.1) is 0 Å².